The van der Waals surface area contributed by atoms with Crippen LogP contribution in [-0.4, -0.2) is 49.8 Å². The largest absolute Gasteiger partial charge is 0.381 e. The van der Waals surface area contributed by atoms with Crippen molar-refractivity contribution in [1.82, 2.24) is 10.2 Å². The lowest BCUT2D eigenvalue weighted by Gasteiger charge is -2.43. The van der Waals surface area contributed by atoms with Crippen molar-refractivity contribution in [1.29, 1.82) is 0 Å². The first-order chi connectivity index (χ1) is 8.77. The number of hydrogen-bond acceptors (Lipinski definition) is 3. The molecule has 2 rings (SSSR count). The highest BCUT2D eigenvalue weighted by atomic mass is 16.5. The van der Waals surface area contributed by atoms with Crippen LogP contribution in [0.15, 0.2) is 0 Å². The monoisotopic (exact) mass is 254 g/mol. The van der Waals surface area contributed by atoms with Crippen molar-refractivity contribution in [2.24, 2.45) is 5.92 Å². The fraction of sp³-hybridized carbons (Fsp3) is 1.00. The molecule has 2 saturated heterocycles. The summed E-state index contributed by atoms with van der Waals surface area (Å²) in [5.41, 5.74) is 0. The van der Waals surface area contributed by atoms with E-state index in [1.807, 2.05) is 0 Å². The van der Waals surface area contributed by atoms with Crippen LogP contribution >= 0.6 is 0 Å². The van der Waals surface area contributed by atoms with Crippen LogP contribution in [0.4, 0.5) is 0 Å². The summed E-state index contributed by atoms with van der Waals surface area (Å²) < 4.78 is 5.50. The topological polar surface area (TPSA) is 24.5 Å². The lowest BCUT2D eigenvalue weighted by atomic mass is 9.96. The summed E-state index contributed by atoms with van der Waals surface area (Å²) >= 11 is 0. The van der Waals surface area contributed by atoms with E-state index in [0.29, 0.717) is 0 Å². The maximum absolute atomic E-state index is 5.50. The molecular formula is C15H30N2O. The zero-order valence-electron chi connectivity index (χ0n) is 12.2. The van der Waals surface area contributed by atoms with Crippen molar-refractivity contribution in [3.63, 3.8) is 0 Å². The molecular weight excluding hydrogens is 224 g/mol. The van der Waals surface area contributed by atoms with Gasteiger partial charge in [0.15, 0.2) is 0 Å². The Bertz CT molecular complexity index is 227. The van der Waals surface area contributed by atoms with Gasteiger partial charge >= 0.3 is 0 Å². The van der Waals surface area contributed by atoms with E-state index in [4.69, 9.17) is 4.74 Å². The molecule has 2 heterocycles. The first-order valence-corrected chi connectivity index (χ1v) is 7.81. The molecule has 0 radical (unpaired) electrons. The Morgan fingerprint density at radius 2 is 1.94 bits per heavy atom. The van der Waals surface area contributed by atoms with Crippen molar-refractivity contribution < 1.29 is 4.74 Å². The minimum absolute atomic E-state index is 0.755. The van der Waals surface area contributed by atoms with Crippen LogP contribution in [0.1, 0.15) is 46.0 Å². The number of piperidine rings is 1. The molecule has 3 nitrogen and oxygen atoms in total. The highest BCUT2D eigenvalue weighted by Gasteiger charge is 2.29. The third-order valence-electron chi connectivity index (χ3n) is 4.27. The lowest BCUT2D eigenvalue weighted by Crippen LogP contribution is -2.52. The molecule has 0 aromatic heterocycles. The smallest absolute Gasteiger partial charge is 0.0480 e. The van der Waals surface area contributed by atoms with Gasteiger partial charge in [0.25, 0.3) is 0 Å². The highest BCUT2D eigenvalue weighted by molar-refractivity contribution is 4.85. The third-order valence-corrected chi connectivity index (χ3v) is 4.27. The Morgan fingerprint density at radius 3 is 2.67 bits per heavy atom. The van der Waals surface area contributed by atoms with E-state index in [-0.39, 0.29) is 0 Å². The van der Waals surface area contributed by atoms with Crippen LogP contribution in [0, 0.1) is 5.92 Å². The Hall–Kier alpha value is -0.120. The summed E-state index contributed by atoms with van der Waals surface area (Å²) in [5.74, 6) is 0.755. The van der Waals surface area contributed by atoms with Crippen LogP contribution in [0.2, 0.25) is 0 Å². The number of nitrogens with one attached hydrogen (secondary N) is 1. The maximum atomic E-state index is 5.50. The van der Waals surface area contributed by atoms with Crippen LogP contribution < -0.4 is 5.32 Å². The summed E-state index contributed by atoms with van der Waals surface area (Å²) in [6.45, 7) is 10.1. The molecule has 0 aromatic rings. The molecule has 0 bridgehead atoms. The predicted molar refractivity (Wildman–Crippen MR) is 75.9 cm³/mol. The van der Waals surface area contributed by atoms with E-state index in [2.05, 4.69) is 24.1 Å². The maximum Gasteiger partial charge on any atom is 0.0480 e. The van der Waals surface area contributed by atoms with Crippen LogP contribution in [0.25, 0.3) is 0 Å². The average Bonchev–Trinajstić information content (AvgIpc) is 2.40. The van der Waals surface area contributed by atoms with Crippen LogP contribution in [0.3, 0.4) is 0 Å². The summed E-state index contributed by atoms with van der Waals surface area (Å²) in [6, 6.07) is 1.55. The normalized spacial score (nSPS) is 27.8. The minimum atomic E-state index is 0.755. The summed E-state index contributed by atoms with van der Waals surface area (Å²) in [5, 5.41) is 3.65. The second-order valence-electron chi connectivity index (χ2n) is 6.28. The van der Waals surface area contributed by atoms with Crippen molar-refractivity contribution in [2.45, 2.75) is 58.0 Å². The molecule has 3 heteroatoms. The van der Waals surface area contributed by atoms with E-state index < -0.39 is 0 Å². The fourth-order valence-electron chi connectivity index (χ4n) is 3.28. The van der Waals surface area contributed by atoms with Gasteiger partial charge in [0.1, 0.15) is 0 Å². The Morgan fingerprint density at radius 1 is 1.17 bits per heavy atom. The number of hydrogen-bond donors (Lipinski definition) is 1. The van der Waals surface area contributed by atoms with Crippen molar-refractivity contribution >= 4 is 0 Å². The van der Waals surface area contributed by atoms with Gasteiger partial charge < -0.3 is 10.1 Å². The number of ether oxygens (including phenoxy) is 1. The molecule has 18 heavy (non-hydrogen) atoms. The molecule has 0 aliphatic carbocycles. The molecule has 1 N–H and O–H groups in total. The Balaban J connectivity index is 1.80. The van der Waals surface area contributed by atoms with E-state index >= 15 is 0 Å². The van der Waals surface area contributed by atoms with Gasteiger partial charge in [-0.05, 0) is 44.7 Å². The second kappa shape index (κ2) is 7.46. The summed E-state index contributed by atoms with van der Waals surface area (Å²) in [4.78, 5) is 2.78. The Labute approximate surface area is 112 Å². The first kappa shape index (κ1) is 14.3. The van der Waals surface area contributed by atoms with Gasteiger partial charge in [-0.15, -0.1) is 0 Å². The molecule has 2 aliphatic heterocycles. The predicted octanol–water partition coefficient (Wildman–Crippen LogP) is 2.27. The molecule has 1 atom stereocenters. The van der Waals surface area contributed by atoms with Crippen LogP contribution in [0.5, 0.6) is 0 Å². The molecule has 106 valence electrons. The molecule has 1 unspecified atom stereocenters. The lowest BCUT2D eigenvalue weighted by molar-refractivity contribution is 0.00489. The van der Waals surface area contributed by atoms with E-state index in [9.17, 15) is 0 Å². The Kier molecular flexibility index (Phi) is 5.93. The van der Waals surface area contributed by atoms with Gasteiger partial charge in [0.05, 0.1) is 0 Å². The molecule has 0 spiro atoms. The molecule has 0 amide bonds. The van der Waals surface area contributed by atoms with Gasteiger partial charge in [-0.25, -0.2) is 0 Å². The van der Waals surface area contributed by atoms with E-state index in [0.717, 1.165) is 37.8 Å². The summed E-state index contributed by atoms with van der Waals surface area (Å²) in [6.07, 6.45) is 6.65. The third kappa shape index (κ3) is 4.22. The zero-order valence-corrected chi connectivity index (χ0v) is 12.2. The average molecular weight is 254 g/mol. The highest BCUT2D eigenvalue weighted by Crippen LogP contribution is 2.24. The van der Waals surface area contributed by atoms with Gasteiger partial charge in [-0.1, -0.05) is 20.3 Å². The molecule has 2 fully saturated rings. The molecule has 0 saturated carbocycles. The summed E-state index contributed by atoms with van der Waals surface area (Å²) in [7, 11) is 0. The van der Waals surface area contributed by atoms with Gasteiger partial charge in [0, 0.05) is 31.8 Å². The van der Waals surface area contributed by atoms with Crippen LogP contribution in [-0.2, 0) is 4.74 Å². The van der Waals surface area contributed by atoms with E-state index in [1.165, 1.54) is 45.2 Å². The first-order valence-electron chi connectivity index (χ1n) is 7.81. The van der Waals surface area contributed by atoms with Gasteiger partial charge in [-0.2, -0.15) is 0 Å². The standard InChI is InChI=1S/C15H30N2O/c1-13(2)11-16-12-15-5-3-4-8-17(15)14-6-9-18-10-7-14/h13-16H,3-12H2,1-2H3. The number of rotatable bonds is 5. The van der Waals surface area contributed by atoms with Gasteiger partial charge in [0.2, 0.25) is 0 Å². The minimum Gasteiger partial charge on any atom is -0.381 e. The fourth-order valence-corrected chi connectivity index (χ4v) is 3.28. The van der Waals surface area contributed by atoms with Crippen molar-refractivity contribution in [3.8, 4) is 0 Å². The van der Waals surface area contributed by atoms with Gasteiger partial charge in [-0.3, -0.25) is 4.90 Å². The number of likely N-dealkylation sites (tertiary alicyclic amines) is 1. The molecule has 2 aliphatic rings. The number of nitrogens with zero attached hydrogens (tertiary/aromatic N) is 1. The van der Waals surface area contributed by atoms with Crippen molar-refractivity contribution in [3.05, 3.63) is 0 Å². The van der Waals surface area contributed by atoms with Crippen molar-refractivity contribution in [2.75, 3.05) is 32.8 Å². The molecule has 0 aromatic carbocycles. The quantitative estimate of drug-likeness (QED) is 0.814. The zero-order chi connectivity index (χ0) is 12.8. The SMILES string of the molecule is CC(C)CNCC1CCCCN1C1CCOCC1. The van der Waals surface area contributed by atoms with E-state index in [1.54, 1.807) is 0 Å². The second-order valence-corrected chi connectivity index (χ2v) is 6.28.